The average molecular weight is 424 g/mol. The van der Waals surface area contributed by atoms with Crippen LogP contribution in [0.1, 0.15) is 6.42 Å². The van der Waals surface area contributed by atoms with E-state index in [4.69, 9.17) is 4.74 Å². The Morgan fingerprint density at radius 3 is 2.77 bits per heavy atom. The molecule has 1 aromatic rings. The maximum absolute atomic E-state index is 13.0. The van der Waals surface area contributed by atoms with Crippen LogP contribution < -0.4 is 16.0 Å². The zero-order chi connectivity index (χ0) is 15.5. The Bertz CT molecular complexity index is 486. The molecule has 0 saturated heterocycles. The Balaban J connectivity index is 0.00000441. The number of benzene rings is 1. The van der Waals surface area contributed by atoms with Crippen molar-refractivity contribution in [3.05, 3.63) is 30.1 Å². The van der Waals surface area contributed by atoms with Gasteiger partial charge in [0.2, 0.25) is 5.91 Å². The van der Waals surface area contributed by atoms with Crippen LogP contribution in [0.2, 0.25) is 0 Å². The zero-order valence-electron chi connectivity index (χ0n) is 12.7. The van der Waals surface area contributed by atoms with Gasteiger partial charge in [0, 0.05) is 33.0 Å². The minimum absolute atomic E-state index is 0. The van der Waals surface area contributed by atoms with Crippen molar-refractivity contribution in [2.45, 2.75) is 6.42 Å². The van der Waals surface area contributed by atoms with E-state index in [-0.39, 0.29) is 36.4 Å². The number of halogens is 2. The van der Waals surface area contributed by atoms with Gasteiger partial charge in [0.05, 0.1) is 6.54 Å². The fraction of sp³-hybridized carbons (Fsp3) is 0.429. The highest BCUT2D eigenvalue weighted by Crippen LogP contribution is 2.08. The van der Waals surface area contributed by atoms with Crippen LogP contribution >= 0.6 is 24.0 Å². The fourth-order valence-electron chi connectivity index (χ4n) is 1.58. The lowest BCUT2D eigenvalue weighted by molar-refractivity contribution is -0.115. The molecule has 0 saturated carbocycles. The summed E-state index contributed by atoms with van der Waals surface area (Å²) in [5.74, 6) is -0.141. The molecule has 0 unspecified atom stereocenters. The maximum atomic E-state index is 13.0. The van der Waals surface area contributed by atoms with Crippen LogP contribution in [-0.2, 0) is 9.53 Å². The number of guanidine groups is 1. The van der Waals surface area contributed by atoms with Gasteiger partial charge >= 0.3 is 0 Å². The Morgan fingerprint density at radius 1 is 1.36 bits per heavy atom. The summed E-state index contributed by atoms with van der Waals surface area (Å²) in [4.78, 5) is 15.7. The van der Waals surface area contributed by atoms with E-state index in [1.165, 1.54) is 18.2 Å². The molecule has 3 N–H and O–H groups in total. The summed E-state index contributed by atoms with van der Waals surface area (Å²) in [7, 11) is 3.26. The highest BCUT2D eigenvalue weighted by molar-refractivity contribution is 14.0. The first-order chi connectivity index (χ1) is 10.2. The molecule has 22 heavy (non-hydrogen) atoms. The van der Waals surface area contributed by atoms with E-state index in [2.05, 4.69) is 20.9 Å². The third kappa shape index (κ3) is 8.78. The van der Waals surface area contributed by atoms with Crippen LogP contribution in [0.4, 0.5) is 10.1 Å². The second-order valence-electron chi connectivity index (χ2n) is 4.26. The monoisotopic (exact) mass is 424 g/mol. The van der Waals surface area contributed by atoms with Crippen molar-refractivity contribution in [1.29, 1.82) is 0 Å². The lowest BCUT2D eigenvalue weighted by Crippen LogP contribution is -2.41. The Kier molecular flexibility index (Phi) is 11.4. The van der Waals surface area contributed by atoms with Gasteiger partial charge in [0.25, 0.3) is 0 Å². The molecule has 0 radical (unpaired) electrons. The van der Waals surface area contributed by atoms with Gasteiger partial charge in [-0.2, -0.15) is 0 Å². The predicted molar refractivity (Wildman–Crippen MR) is 96.3 cm³/mol. The van der Waals surface area contributed by atoms with Gasteiger partial charge in [0.1, 0.15) is 5.82 Å². The SMILES string of the molecule is CN=C(NCCCOC)NCC(=O)Nc1cccc(F)c1.I. The van der Waals surface area contributed by atoms with Crippen molar-refractivity contribution < 1.29 is 13.9 Å². The van der Waals surface area contributed by atoms with Crippen molar-refractivity contribution >= 4 is 41.5 Å². The molecule has 0 fully saturated rings. The summed E-state index contributed by atoms with van der Waals surface area (Å²) in [5.41, 5.74) is 0.421. The standard InChI is InChI=1S/C14H21FN4O2.HI/c1-16-14(17-7-4-8-21-2)18-10-13(20)19-12-6-3-5-11(15)9-12;/h3,5-6,9H,4,7-8,10H2,1-2H3,(H,19,20)(H2,16,17,18);1H. The van der Waals surface area contributed by atoms with Gasteiger partial charge in [0.15, 0.2) is 5.96 Å². The first kappa shape index (κ1) is 20.6. The highest BCUT2D eigenvalue weighted by atomic mass is 127. The molecule has 0 aromatic heterocycles. The number of anilines is 1. The van der Waals surface area contributed by atoms with Crippen molar-refractivity contribution in [1.82, 2.24) is 10.6 Å². The van der Waals surface area contributed by atoms with Crippen molar-refractivity contribution in [2.75, 3.05) is 39.2 Å². The van der Waals surface area contributed by atoms with E-state index in [1.54, 1.807) is 20.2 Å². The second kappa shape index (κ2) is 12.2. The number of ether oxygens (including phenoxy) is 1. The predicted octanol–water partition coefficient (Wildman–Crippen LogP) is 1.58. The smallest absolute Gasteiger partial charge is 0.243 e. The molecule has 1 aromatic carbocycles. The first-order valence-corrected chi connectivity index (χ1v) is 6.64. The summed E-state index contributed by atoms with van der Waals surface area (Å²) in [5, 5.41) is 8.52. The van der Waals surface area contributed by atoms with Crippen LogP contribution in [0.5, 0.6) is 0 Å². The van der Waals surface area contributed by atoms with E-state index < -0.39 is 5.82 Å². The minimum atomic E-state index is -0.392. The summed E-state index contributed by atoms with van der Waals surface area (Å²) in [6, 6.07) is 5.74. The molecule has 0 aliphatic heterocycles. The molecular weight excluding hydrogens is 402 g/mol. The number of carbonyl (C=O) groups is 1. The lowest BCUT2D eigenvalue weighted by Gasteiger charge is -2.11. The molecule has 1 rings (SSSR count). The zero-order valence-corrected chi connectivity index (χ0v) is 15.0. The molecule has 1 amide bonds. The summed E-state index contributed by atoms with van der Waals surface area (Å²) < 4.78 is 17.9. The first-order valence-electron chi connectivity index (χ1n) is 6.64. The highest BCUT2D eigenvalue weighted by Gasteiger charge is 2.04. The molecule has 0 atom stereocenters. The number of hydrogen-bond donors (Lipinski definition) is 3. The summed E-state index contributed by atoms with van der Waals surface area (Å²) in [6.07, 6.45) is 0.840. The minimum Gasteiger partial charge on any atom is -0.385 e. The van der Waals surface area contributed by atoms with Gasteiger partial charge < -0.3 is 20.7 Å². The normalized spacial score (nSPS) is 10.6. The molecule has 124 valence electrons. The maximum Gasteiger partial charge on any atom is 0.243 e. The Labute approximate surface area is 146 Å². The van der Waals surface area contributed by atoms with E-state index >= 15 is 0 Å². The molecule has 0 heterocycles. The third-order valence-electron chi connectivity index (χ3n) is 2.57. The fourth-order valence-corrected chi connectivity index (χ4v) is 1.58. The van der Waals surface area contributed by atoms with Gasteiger partial charge in [-0.15, -0.1) is 24.0 Å². The van der Waals surface area contributed by atoms with Crippen LogP contribution in [0.3, 0.4) is 0 Å². The van der Waals surface area contributed by atoms with Crippen molar-refractivity contribution in [2.24, 2.45) is 4.99 Å². The molecule has 0 aliphatic rings. The molecule has 0 bridgehead atoms. The number of nitrogens with one attached hydrogen (secondary N) is 3. The molecular formula is C14H22FIN4O2. The molecule has 0 spiro atoms. The number of aliphatic imine (C=N–C) groups is 1. The average Bonchev–Trinajstić information content (AvgIpc) is 2.46. The van der Waals surface area contributed by atoms with Gasteiger partial charge in [-0.1, -0.05) is 6.07 Å². The van der Waals surface area contributed by atoms with E-state index in [0.717, 1.165) is 6.42 Å². The summed E-state index contributed by atoms with van der Waals surface area (Å²) in [6.45, 7) is 1.39. The number of methoxy groups -OCH3 is 1. The Morgan fingerprint density at radius 2 is 2.14 bits per heavy atom. The van der Waals surface area contributed by atoms with E-state index in [0.29, 0.717) is 24.8 Å². The van der Waals surface area contributed by atoms with Crippen LogP contribution in [0, 0.1) is 5.82 Å². The van der Waals surface area contributed by atoms with Crippen LogP contribution in [0.15, 0.2) is 29.3 Å². The number of nitrogens with zero attached hydrogens (tertiary/aromatic N) is 1. The van der Waals surface area contributed by atoms with E-state index in [9.17, 15) is 9.18 Å². The lowest BCUT2D eigenvalue weighted by atomic mass is 10.3. The largest absolute Gasteiger partial charge is 0.385 e. The van der Waals surface area contributed by atoms with Gasteiger partial charge in [-0.25, -0.2) is 4.39 Å². The molecule has 6 nitrogen and oxygen atoms in total. The van der Waals surface area contributed by atoms with E-state index in [1.807, 2.05) is 0 Å². The molecule has 8 heteroatoms. The number of hydrogen-bond acceptors (Lipinski definition) is 3. The Hall–Kier alpha value is -1.42. The second-order valence-corrected chi connectivity index (χ2v) is 4.26. The number of amides is 1. The van der Waals surface area contributed by atoms with Crippen LogP contribution in [-0.4, -0.2) is 45.7 Å². The van der Waals surface area contributed by atoms with Gasteiger partial charge in [-0.3, -0.25) is 9.79 Å². The topological polar surface area (TPSA) is 74.8 Å². The summed E-state index contributed by atoms with van der Waals surface area (Å²) >= 11 is 0. The number of rotatable bonds is 7. The van der Waals surface area contributed by atoms with Crippen molar-refractivity contribution in [3.63, 3.8) is 0 Å². The van der Waals surface area contributed by atoms with Crippen molar-refractivity contribution in [3.8, 4) is 0 Å². The van der Waals surface area contributed by atoms with Gasteiger partial charge in [-0.05, 0) is 24.6 Å². The quantitative estimate of drug-likeness (QED) is 0.269. The van der Waals surface area contributed by atoms with Crippen LogP contribution in [0.25, 0.3) is 0 Å². The molecule has 0 aliphatic carbocycles. The number of carbonyl (C=O) groups excluding carboxylic acids is 1. The third-order valence-corrected chi connectivity index (χ3v) is 2.57.